The molecule has 0 saturated heterocycles. The van der Waals surface area contributed by atoms with Gasteiger partial charge in [-0.3, -0.25) is 4.79 Å². The highest BCUT2D eigenvalue weighted by atomic mass is 16.5. The maximum absolute atomic E-state index is 12.8. The first-order valence-corrected chi connectivity index (χ1v) is 8.91. The van der Waals surface area contributed by atoms with Gasteiger partial charge in [-0.1, -0.05) is 44.2 Å². The summed E-state index contributed by atoms with van der Waals surface area (Å²) in [6, 6.07) is 17.3. The average Bonchev–Trinajstić information content (AvgIpc) is 2.66. The number of carbonyl (C=O) groups is 1. The zero-order valence-corrected chi connectivity index (χ0v) is 15.5. The van der Waals surface area contributed by atoms with Crippen molar-refractivity contribution in [1.29, 1.82) is 0 Å². The molecule has 1 N–H and O–H groups in total. The number of benzene rings is 2. The quantitative estimate of drug-likeness (QED) is 0.703. The molecule has 0 aliphatic rings. The van der Waals surface area contributed by atoms with Crippen LogP contribution in [0.5, 0.6) is 5.75 Å². The second-order valence-corrected chi connectivity index (χ2v) is 6.74. The Labute approximate surface area is 154 Å². The van der Waals surface area contributed by atoms with Crippen molar-refractivity contribution in [2.75, 3.05) is 13.7 Å². The van der Waals surface area contributed by atoms with Gasteiger partial charge in [-0.05, 0) is 36.6 Å². The van der Waals surface area contributed by atoms with Crippen molar-refractivity contribution in [3.8, 4) is 17.0 Å². The van der Waals surface area contributed by atoms with Gasteiger partial charge in [0.15, 0.2) is 0 Å². The number of ether oxygens (including phenoxy) is 1. The van der Waals surface area contributed by atoms with Crippen molar-refractivity contribution in [3.63, 3.8) is 0 Å². The monoisotopic (exact) mass is 348 g/mol. The number of pyridine rings is 1. The fraction of sp³-hybridized carbons (Fsp3) is 0.273. The Balaban J connectivity index is 2.02. The molecule has 1 amide bonds. The van der Waals surface area contributed by atoms with Crippen LogP contribution in [-0.4, -0.2) is 24.5 Å². The number of hydrogen-bond donors (Lipinski definition) is 1. The number of nitrogens with one attached hydrogen (secondary N) is 1. The average molecular weight is 348 g/mol. The van der Waals surface area contributed by atoms with E-state index in [-0.39, 0.29) is 5.91 Å². The lowest BCUT2D eigenvalue weighted by Crippen LogP contribution is -2.25. The molecule has 0 saturated carbocycles. The fourth-order valence-electron chi connectivity index (χ4n) is 2.86. The summed E-state index contributed by atoms with van der Waals surface area (Å²) in [5, 5.41) is 3.89. The molecular formula is C22H24N2O2. The number of hydrogen-bond acceptors (Lipinski definition) is 3. The molecule has 0 atom stereocenters. The minimum absolute atomic E-state index is 0.0617. The fourth-order valence-corrected chi connectivity index (χ4v) is 2.86. The summed E-state index contributed by atoms with van der Waals surface area (Å²) >= 11 is 0. The minimum atomic E-state index is -0.0617. The Hall–Kier alpha value is -2.88. The predicted molar refractivity (Wildman–Crippen MR) is 106 cm³/mol. The Morgan fingerprint density at radius 2 is 1.92 bits per heavy atom. The summed E-state index contributed by atoms with van der Waals surface area (Å²) in [5.74, 6) is 1.26. The van der Waals surface area contributed by atoms with Crippen LogP contribution in [0.15, 0.2) is 54.6 Å². The number of methoxy groups -OCH3 is 1. The van der Waals surface area contributed by atoms with Gasteiger partial charge < -0.3 is 10.1 Å². The summed E-state index contributed by atoms with van der Waals surface area (Å²) in [6.45, 7) is 4.96. The molecule has 0 aliphatic carbocycles. The summed E-state index contributed by atoms with van der Waals surface area (Å²) in [4.78, 5) is 17.5. The van der Waals surface area contributed by atoms with Gasteiger partial charge >= 0.3 is 0 Å². The molecule has 134 valence electrons. The molecule has 26 heavy (non-hydrogen) atoms. The largest absolute Gasteiger partial charge is 0.497 e. The van der Waals surface area contributed by atoms with Gasteiger partial charge in [0.05, 0.1) is 23.9 Å². The first-order valence-electron chi connectivity index (χ1n) is 8.91. The van der Waals surface area contributed by atoms with Crippen LogP contribution < -0.4 is 10.1 Å². The maximum Gasteiger partial charge on any atom is 0.252 e. The smallest absolute Gasteiger partial charge is 0.252 e. The van der Waals surface area contributed by atoms with Crippen LogP contribution in [0.25, 0.3) is 22.2 Å². The topological polar surface area (TPSA) is 51.2 Å². The van der Waals surface area contributed by atoms with Gasteiger partial charge in [0, 0.05) is 17.5 Å². The number of aromatic nitrogens is 1. The molecule has 3 rings (SSSR count). The highest BCUT2D eigenvalue weighted by Gasteiger charge is 2.14. The van der Waals surface area contributed by atoms with E-state index in [1.807, 2.05) is 54.6 Å². The summed E-state index contributed by atoms with van der Waals surface area (Å²) in [6.07, 6.45) is 0.956. The minimum Gasteiger partial charge on any atom is -0.497 e. The van der Waals surface area contributed by atoms with E-state index in [9.17, 15) is 4.79 Å². The second kappa shape index (κ2) is 8.00. The molecule has 0 fully saturated rings. The molecule has 1 aromatic heterocycles. The summed E-state index contributed by atoms with van der Waals surface area (Å²) in [7, 11) is 1.64. The van der Waals surface area contributed by atoms with Gasteiger partial charge in [-0.25, -0.2) is 4.98 Å². The number of rotatable bonds is 6. The molecule has 4 heteroatoms. The van der Waals surface area contributed by atoms with Crippen molar-refractivity contribution in [3.05, 3.63) is 60.2 Å². The van der Waals surface area contributed by atoms with Crippen LogP contribution in [0.1, 0.15) is 30.6 Å². The lowest BCUT2D eigenvalue weighted by Gasteiger charge is -2.12. The van der Waals surface area contributed by atoms with E-state index in [1.165, 1.54) is 0 Å². The maximum atomic E-state index is 12.8. The zero-order valence-electron chi connectivity index (χ0n) is 15.5. The van der Waals surface area contributed by atoms with Crippen LogP contribution >= 0.6 is 0 Å². The van der Waals surface area contributed by atoms with Crippen LogP contribution in [0.4, 0.5) is 0 Å². The summed E-state index contributed by atoms with van der Waals surface area (Å²) < 4.78 is 5.31. The van der Waals surface area contributed by atoms with Gasteiger partial charge in [-0.15, -0.1) is 0 Å². The van der Waals surface area contributed by atoms with Crippen molar-refractivity contribution in [1.82, 2.24) is 10.3 Å². The van der Waals surface area contributed by atoms with Crippen LogP contribution in [0.3, 0.4) is 0 Å². The molecule has 0 unspecified atom stereocenters. The van der Waals surface area contributed by atoms with E-state index >= 15 is 0 Å². The zero-order chi connectivity index (χ0) is 18.5. The molecule has 1 heterocycles. The third-order valence-electron chi connectivity index (χ3n) is 4.33. The lowest BCUT2D eigenvalue weighted by atomic mass is 10.0. The van der Waals surface area contributed by atoms with E-state index in [0.717, 1.165) is 34.3 Å². The van der Waals surface area contributed by atoms with Crippen molar-refractivity contribution in [2.45, 2.75) is 20.3 Å². The molecule has 0 radical (unpaired) electrons. The van der Waals surface area contributed by atoms with Crippen LogP contribution in [0, 0.1) is 5.92 Å². The van der Waals surface area contributed by atoms with E-state index in [2.05, 4.69) is 19.2 Å². The standard InChI is InChI=1S/C22H24N2O2/c1-15(2)11-12-23-22(25)19-14-21(16-7-6-8-17(13-16)26-3)24-20-10-5-4-9-18(19)20/h4-10,13-15H,11-12H2,1-3H3,(H,23,25). The molecule has 4 nitrogen and oxygen atoms in total. The molecule has 0 spiro atoms. The number of nitrogens with zero attached hydrogens (tertiary/aromatic N) is 1. The first-order chi connectivity index (χ1) is 12.6. The van der Waals surface area contributed by atoms with E-state index < -0.39 is 0 Å². The first kappa shape index (κ1) is 17.9. The van der Waals surface area contributed by atoms with Crippen molar-refractivity contribution >= 4 is 16.8 Å². The molecule has 0 aliphatic heterocycles. The van der Waals surface area contributed by atoms with Gasteiger partial charge in [0.25, 0.3) is 5.91 Å². The predicted octanol–water partition coefficient (Wildman–Crippen LogP) is 4.69. The Morgan fingerprint density at radius 1 is 1.12 bits per heavy atom. The van der Waals surface area contributed by atoms with E-state index in [1.54, 1.807) is 7.11 Å². The third-order valence-corrected chi connectivity index (χ3v) is 4.33. The van der Waals surface area contributed by atoms with E-state index in [0.29, 0.717) is 18.0 Å². The molecule has 0 bridgehead atoms. The Kier molecular flexibility index (Phi) is 5.52. The van der Waals surface area contributed by atoms with Gasteiger partial charge in [0.1, 0.15) is 5.75 Å². The Morgan fingerprint density at radius 3 is 2.69 bits per heavy atom. The summed E-state index contributed by atoms with van der Waals surface area (Å²) in [5.41, 5.74) is 3.14. The molecular weight excluding hydrogens is 324 g/mol. The number of carbonyl (C=O) groups excluding carboxylic acids is 1. The van der Waals surface area contributed by atoms with Crippen LogP contribution in [-0.2, 0) is 0 Å². The highest BCUT2D eigenvalue weighted by Crippen LogP contribution is 2.27. The van der Waals surface area contributed by atoms with Crippen molar-refractivity contribution in [2.24, 2.45) is 5.92 Å². The van der Waals surface area contributed by atoms with Crippen LogP contribution in [0.2, 0.25) is 0 Å². The second-order valence-electron chi connectivity index (χ2n) is 6.74. The SMILES string of the molecule is COc1cccc(-c2cc(C(=O)NCCC(C)C)c3ccccc3n2)c1. The number of fused-ring (bicyclic) bond motifs is 1. The Bertz CT molecular complexity index is 919. The lowest BCUT2D eigenvalue weighted by molar-refractivity contribution is 0.0953. The highest BCUT2D eigenvalue weighted by molar-refractivity contribution is 6.07. The van der Waals surface area contributed by atoms with E-state index in [4.69, 9.17) is 9.72 Å². The van der Waals surface area contributed by atoms with Gasteiger partial charge in [-0.2, -0.15) is 0 Å². The van der Waals surface area contributed by atoms with Crippen molar-refractivity contribution < 1.29 is 9.53 Å². The third kappa shape index (κ3) is 4.02. The number of para-hydroxylation sites is 1. The molecule has 3 aromatic rings. The van der Waals surface area contributed by atoms with Gasteiger partial charge in [0.2, 0.25) is 0 Å². The molecule has 2 aromatic carbocycles. The normalized spacial score (nSPS) is 10.9. The number of amides is 1.